The van der Waals surface area contributed by atoms with Crippen LogP contribution in [0.3, 0.4) is 0 Å². The number of anilines is 1. The van der Waals surface area contributed by atoms with Crippen LogP contribution >= 0.6 is 15.9 Å². The number of carbonyl (C=O) groups excluding carboxylic acids is 1. The van der Waals surface area contributed by atoms with Crippen LogP contribution in [0.15, 0.2) is 45.3 Å². The van der Waals surface area contributed by atoms with Crippen molar-refractivity contribution in [1.82, 2.24) is 0 Å². The monoisotopic (exact) mass is 387 g/mol. The molecule has 1 amide bonds. The predicted molar refractivity (Wildman–Crippen MR) is 94.0 cm³/mol. The molecular weight excluding hydrogens is 374 g/mol. The zero-order chi connectivity index (χ0) is 16.7. The molecule has 1 N–H and O–H groups in total. The van der Waals surface area contributed by atoms with Gasteiger partial charge in [-0.05, 0) is 28.9 Å². The van der Waals surface area contributed by atoms with E-state index in [2.05, 4.69) is 21.2 Å². The molecule has 2 aromatic carbocycles. The third-order valence-electron chi connectivity index (χ3n) is 3.93. The molecule has 0 atom stereocenters. The van der Waals surface area contributed by atoms with Crippen LogP contribution in [0.2, 0.25) is 0 Å². The first-order valence-corrected chi connectivity index (χ1v) is 8.31. The Balaban J connectivity index is 1.67. The Hall–Kier alpha value is -2.47. The number of amides is 1. The maximum absolute atomic E-state index is 12.6. The minimum atomic E-state index is -0.305. The highest BCUT2D eigenvalue weighted by Gasteiger charge is 2.20. The van der Waals surface area contributed by atoms with Gasteiger partial charge in [0.05, 0.1) is 5.69 Å². The molecule has 0 fully saturated rings. The lowest BCUT2D eigenvalue weighted by Crippen LogP contribution is -2.17. The maximum atomic E-state index is 12.6. The second kappa shape index (κ2) is 5.87. The molecule has 3 aromatic rings. The van der Waals surface area contributed by atoms with Crippen LogP contribution in [0.4, 0.5) is 5.69 Å². The largest absolute Gasteiger partial charge is 0.486 e. The van der Waals surface area contributed by atoms with Gasteiger partial charge in [-0.25, -0.2) is 0 Å². The summed E-state index contributed by atoms with van der Waals surface area (Å²) in [4.78, 5) is 12.6. The van der Waals surface area contributed by atoms with E-state index in [9.17, 15) is 4.79 Å². The lowest BCUT2D eigenvalue weighted by atomic mass is 10.1. The van der Waals surface area contributed by atoms with Crippen LogP contribution < -0.4 is 14.8 Å². The van der Waals surface area contributed by atoms with Gasteiger partial charge in [0.2, 0.25) is 0 Å². The Morgan fingerprint density at radius 2 is 1.83 bits per heavy atom. The zero-order valence-electron chi connectivity index (χ0n) is 12.9. The number of hydrogen-bond donors (Lipinski definition) is 1. The smallest absolute Gasteiger partial charge is 0.291 e. The molecule has 0 radical (unpaired) electrons. The first kappa shape index (κ1) is 15.1. The summed E-state index contributed by atoms with van der Waals surface area (Å²) in [5.74, 6) is 1.27. The molecule has 6 heteroatoms. The number of halogens is 1. The number of fused-ring (bicyclic) bond motifs is 2. The topological polar surface area (TPSA) is 60.7 Å². The van der Waals surface area contributed by atoms with Crippen LogP contribution in [-0.4, -0.2) is 19.1 Å². The van der Waals surface area contributed by atoms with Gasteiger partial charge in [-0.1, -0.05) is 18.2 Å². The van der Waals surface area contributed by atoms with Gasteiger partial charge >= 0.3 is 0 Å². The summed E-state index contributed by atoms with van der Waals surface area (Å²) in [6.07, 6.45) is 0. The maximum Gasteiger partial charge on any atom is 0.291 e. The van der Waals surface area contributed by atoms with E-state index in [1.54, 1.807) is 12.1 Å². The number of para-hydroxylation sites is 1. The summed E-state index contributed by atoms with van der Waals surface area (Å²) in [7, 11) is 0. The first-order valence-electron chi connectivity index (χ1n) is 7.52. The average molecular weight is 388 g/mol. The summed E-state index contributed by atoms with van der Waals surface area (Å²) in [5.41, 5.74) is 2.11. The van der Waals surface area contributed by atoms with Gasteiger partial charge in [-0.15, -0.1) is 0 Å². The number of aryl methyl sites for hydroxylation is 1. The number of furan rings is 1. The summed E-state index contributed by atoms with van der Waals surface area (Å²) < 4.78 is 17.5. The first-order chi connectivity index (χ1) is 11.6. The Kier molecular flexibility index (Phi) is 3.69. The van der Waals surface area contributed by atoms with Gasteiger partial charge in [-0.2, -0.15) is 0 Å². The van der Waals surface area contributed by atoms with Crippen LogP contribution in [0, 0.1) is 6.92 Å². The van der Waals surface area contributed by atoms with Crippen LogP contribution in [-0.2, 0) is 0 Å². The minimum absolute atomic E-state index is 0.304. The number of hydrogen-bond acceptors (Lipinski definition) is 4. The van der Waals surface area contributed by atoms with E-state index in [0.717, 1.165) is 10.9 Å². The van der Waals surface area contributed by atoms with E-state index < -0.39 is 0 Å². The van der Waals surface area contributed by atoms with Crippen LogP contribution in [0.25, 0.3) is 11.0 Å². The van der Waals surface area contributed by atoms with E-state index in [1.807, 2.05) is 31.2 Å². The third kappa shape index (κ3) is 2.53. The number of ether oxygens (including phenoxy) is 2. The van der Waals surface area contributed by atoms with E-state index in [1.165, 1.54) is 0 Å². The van der Waals surface area contributed by atoms with Gasteiger partial charge in [0, 0.05) is 27.6 Å². The summed E-state index contributed by atoms with van der Waals surface area (Å²) >= 11 is 3.45. The quantitative estimate of drug-likeness (QED) is 0.701. The lowest BCUT2D eigenvalue weighted by Gasteiger charge is -2.20. The second-order valence-corrected chi connectivity index (χ2v) is 6.34. The second-order valence-electron chi connectivity index (χ2n) is 5.48. The molecule has 24 heavy (non-hydrogen) atoms. The zero-order valence-corrected chi connectivity index (χ0v) is 14.5. The normalized spacial score (nSPS) is 13.1. The molecule has 5 nitrogen and oxygen atoms in total. The molecule has 0 aliphatic carbocycles. The average Bonchev–Trinajstić information content (AvgIpc) is 2.93. The van der Waals surface area contributed by atoms with Crippen molar-refractivity contribution >= 4 is 38.5 Å². The summed E-state index contributed by atoms with van der Waals surface area (Å²) in [6, 6.07) is 11.1. The van der Waals surface area contributed by atoms with E-state index in [4.69, 9.17) is 13.9 Å². The van der Waals surface area contributed by atoms with E-state index in [-0.39, 0.29) is 5.91 Å². The van der Waals surface area contributed by atoms with Crippen molar-refractivity contribution < 1.29 is 18.7 Å². The van der Waals surface area contributed by atoms with Crippen molar-refractivity contribution in [3.63, 3.8) is 0 Å². The van der Waals surface area contributed by atoms with Gasteiger partial charge in [0.25, 0.3) is 5.91 Å². The molecule has 2 heterocycles. The third-order valence-corrected chi connectivity index (χ3v) is 4.59. The Bertz CT molecular complexity index is 948. The molecule has 0 bridgehead atoms. The fourth-order valence-electron chi connectivity index (χ4n) is 2.73. The van der Waals surface area contributed by atoms with E-state index >= 15 is 0 Å². The molecule has 0 saturated carbocycles. The molecule has 122 valence electrons. The predicted octanol–water partition coefficient (Wildman–Crippen LogP) is 4.53. The molecule has 0 saturated heterocycles. The van der Waals surface area contributed by atoms with Gasteiger partial charge < -0.3 is 19.2 Å². The Morgan fingerprint density at radius 1 is 1.12 bits per heavy atom. The molecule has 1 aromatic heterocycles. The Morgan fingerprint density at radius 3 is 2.58 bits per heavy atom. The minimum Gasteiger partial charge on any atom is -0.486 e. The van der Waals surface area contributed by atoms with Crippen molar-refractivity contribution in [2.45, 2.75) is 6.92 Å². The van der Waals surface area contributed by atoms with Crippen molar-refractivity contribution in [2.75, 3.05) is 18.5 Å². The number of nitrogens with one attached hydrogen (secondary N) is 1. The van der Waals surface area contributed by atoms with Gasteiger partial charge in [0.15, 0.2) is 17.3 Å². The molecule has 1 aliphatic heterocycles. The van der Waals surface area contributed by atoms with Crippen LogP contribution in [0.5, 0.6) is 11.5 Å². The van der Waals surface area contributed by atoms with Crippen molar-refractivity contribution in [2.24, 2.45) is 0 Å². The van der Waals surface area contributed by atoms with Crippen LogP contribution in [0.1, 0.15) is 16.1 Å². The molecule has 0 spiro atoms. The van der Waals surface area contributed by atoms with Crippen molar-refractivity contribution in [3.05, 3.63) is 52.2 Å². The number of carbonyl (C=O) groups is 1. The molecular formula is C18H14BrNO4. The van der Waals surface area contributed by atoms with Crippen molar-refractivity contribution in [1.29, 1.82) is 0 Å². The van der Waals surface area contributed by atoms with E-state index in [0.29, 0.717) is 46.2 Å². The molecule has 1 aliphatic rings. The van der Waals surface area contributed by atoms with Gasteiger partial charge in [0.1, 0.15) is 18.8 Å². The standard InChI is InChI=1S/C18H14BrNO4/c1-10-11-4-2-3-5-14(11)24-17(10)18(21)20-13-9-16-15(8-12(13)19)22-6-7-23-16/h2-5,8-9H,6-7H2,1H3,(H,20,21). The van der Waals surface area contributed by atoms with Crippen molar-refractivity contribution in [3.8, 4) is 11.5 Å². The fraction of sp³-hybridized carbons (Fsp3) is 0.167. The summed E-state index contributed by atoms with van der Waals surface area (Å²) in [5, 5.41) is 3.80. The highest BCUT2D eigenvalue weighted by molar-refractivity contribution is 9.10. The fourth-order valence-corrected chi connectivity index (χ4v) is 3.15. The molecule has 0 unspecified atom stereocenters. The lowest BCUT2D eigenvalue weighted by molar-refractivity contribution is 0.0997. The molecule has 4 rings (SSSR count). The number of benzene rings is 2. The highest BCUT2D eigenvalue weighted by atomic mass is 79.9. The Labute approximate surface area is 146 Å². The summed E-state index contributed by atoms with van der Waals surface area (Å²) in [6.45, 7) is 2.88. The number of rotatable bonds is 2. The highest BCUT2D eigenvalue weighted by Crippen LogP contribution is 2.38. The SMILES string of the molecule is Cc1c(C(=O)Nc2cc3c(cc2Br)OCCO3)oc2ccccc12. The van der Waals surface area contributed by atoms with Gasteiger partial charge in [-0.3, -0.25) is 4.79 Å².